The lowest BCUT2D eigenvalue weighted by Gasteiger charge is -2.17. The minimum Gasteiger partial charge on any atom is -0.493 e. The van der Waals surface area contributed by atoms with Gasteiger partial charge in [-0.3, -0.25) is 9.59 Å². The minimum atomic E-state index is -0.888. The number of benzene rings is 1. The smallest absolute Gasteiger partial charge is 0.235 e. The predicted octanol–water partition coefficient (Wildman–Crippen LogP) is 1.62. The van der Waals surface area contributed by atoms with Crippen molar-refractivity contribution in [3.63, 3.8) is 0 Å². The van der Waals surface area contributed by atoms with Crippen LogP contribution in [0.4, 0.5) is 0 Å². The Hall–Kier alpha value is -2.24. The number of nitrogens with one attached hydrogen (secondary N) is 2. The summed E-state index contributed by atoms with van der Waals surface area (Å²) in [7, 11) is 3.14. The van der Waals surface area contributed by atoms with Gasteiger partial charge in [0, 0.05) is 12.6 Å². The zero-order valence-corrected chi connectivity index (χ0v) is 14.1. The van der Waals surface area contributed by atoms with Crippen molar-refractivity contribution in [3.05, 3.63) is 23.8 Å². The quantitative estimate of drug-likeness (QED) is 0.749. The number of amides is 2. The maximum Gasteiger partial charge on any atom is 0.235 e. The van der Waals surface area contributed by atoms with Gasteiger partial charge < -0.3 is 20.1 Å². The van der Waals surface area contributed by atoms with Crippen LogP contribution in [0.5, 0.6) is 11.5 Å². The molecule has 0 aromatic heterocycles. The van der Waals surface area contributed by atoms with E-state index in [1.165, 1.54) is 0 Å². The van der Waals surface area contributed by atoms with Gasteiger partial charge in [0.05, 0.1) is 14.2 Å². The van der Waals surface area contributed by atoms with Crippen LogP contribution in [0.2, 0.25) is 0 Å². The largest absolute Gasteiger partial charge is 0.493 e. The van der Waals surface area contributed by atoms with Crippen molar-refractivity contribution >= 4 is 11.8 Å². The molecule has 1 fully saturated rings. The zero-order chi connectivity index (χ0) is 17.0. The number of carbonyl (C=O) groups excluding carboxylic acids is 2. The molecule has 0 radical (unpaired) electrons. The van der Waals surface area contributed by atoms with Crippen LogP contribution in [0.25, 0.3) is 0 Å². The summed E-state index contributed by atoms with van der Waals surface area (Å²) < 4.78 is 10.4. The molecule has 0 unspecified atom stereocenters. The number of carbonyl (C=O) groups is 2. The maximum atomic E-state index is 12.4. The third kappa shape index (κ3) is 3.75. The number of ether oxygens (including phenoxy) is 2. The minimum absolute atomic E-state index is 0.0265. The van der Waals surface area contributed by atoms with Gasteiger partial charge in [0.1, 0.15) is 5.41 Å². The van der Waals surface area contributed by atoms with Crippen molar-refractivity contribution < 1.29 is 19.1 Å². The van der Waals surface area contributed by atoms with Crippen LogP contribution in [0.15, 0.2) is 18.2 Å². The van der Waals surface area contributed by atoms with Gasteiger partial charge in [-0.15, -0.1) is 0 Å². The van der Waals surface area contributed by atoms with Crippen molar-refractivity contribution in [2.24, 2.45) is 5.41 Å². The first-order chi connectivity index (χ1) is 10.9. The van der Waals surface area contributed by atoms with Gasteiger partial charge in [0.2, 0.25) is 11.8 Å². The summed E-state index contributed by atoms with van der Waals surface area (Å²) >= 11 is 0. The van der Waals surface area contributed by atoms with E-state index in [9.17, 15) is 9.59 Å². The topological polar surface area (TPSA) is 76.7 Å². The normalized spacial score (nSPS) is 15.0. The molecule has 2 amide bonds. The Bertz CT molecular complexity index is 594. The van der Waals surface area contributed by atoms with E-state index in [1.54, 1.807) is 20.3 Å². The molecule has 0 aliphatic heterocycles. The molecule has 0 saturated heterocycles. The van der Waals surface area contributed by atoms with E-state index in [-0.39, 0.29) is 17.9 Å². The summed E-state index contributed by atoms with van der Waals surface area (Å²) in [5.41, 5.74) is -0.00282. The van der Waals surface area contributed by atoms with Gasteiger partial charge in [-0.2, -0.15) is 0 Å². The Morgan fingerprint density at radius 3 is 2.30 bits per heavy atom. The molecule has 126 valence electrons. The lowest BCUT2D eigenvalue weighted by atomic mass is 10.0. The summed E-state index contributed by atoms with van der Waals surface area (Å²) in [5.74, 6) is 0.846. The molecule has 6 nitrogen and oxygen atoms in total. The van der Waals surface area contributed by atoms with E-state index in [1.807, 2.05) is 26.0 Å². The molecule has 2 N–H and O–H groups in total. The standard InChI is InChI=1S/C17H24N2O4/c1-11(2)19-16(21)17(7-8-17)15(20)18-10-12-5-6-13(22-3)14(9-12)23-4/h5-6,9,11H,7-8,10H2,1-4H3,(H,18,20)(H,19,21). The fourth-order valence-electron chi connectivity index (χ4n) is 2.42. The summed E-state index contributed by atoms with van der Waals surface area (Å²) in [4.78, 5) is 24.5. The van der Waals surface area contributed by atoms with E-state index in [4.69, 9.17) is 9.47 Å². The molecular weight excluding hydrogens is 296 g/mol. The SMILES string of the molecule is COc1ccc(CNC(=O)C2(C(=O)NC(C)C)CC2)cc1OC. The van der Waals surface area contributed by atoms with Crippen LogP contribution in [-0.2, 0) is 16.1 Å². The van der Waals surface area contributed by atoms with Crippen molar-refractivity contribution in [2.45, 2.75) is 39.3 Å². The Morgan fingerprint density at radius 1 is 1.13 bits per heavy atom. The van der Waals surface area contributed by atoms with Crippen LogP contribution >= 0.6 is 0 Å². The zero-order valence-electron chi connectivity index (χ0n) is 14.1. The van der Waals surface area contributed by atoms with Gasteiger partial charge in [0.15, 0.2) is 11.5 Å². The van der Waals surface area contributed by atoms with Crippen LogP contribution in [0.1, 0.15) is 32.3 Å². The van der Waals surface area contributed by atoms with Gasteiger partial charge in [-0.05, 0) is 44.4 Å². The lowest BCUT2D eigenvalue weighted by Crippen LogP contribution is -2.44. The Balaban J connectivity index is 1.98. The molecule has 0 bridgehead atoms. The molecule has 0 spiro atoms. The van der Waals surface area contributed by atoms with E-state index < -0.39 is 5.41 Å². The molecule has 23 heavy (non-hydrogen) atoms. The molecule has 0 atom stereocenters. The summed E-state index contributed by atoms with van der Waals surface area (Å²) in [6, 6.07) is 5.49. The maximum absolute atomic E-state index is 12.4. The molecule has 1 aromatic rings. The summed E-state index contributed by atoms with van der Waals surface area (Å²) in [6.07, 6.45) is 1.20. The van der Waals surface area contributed by atoms with E-state index >= 15 is 0 Å². The average Bonchev–Trinajstić information content (AvgIpc) is 3.33. The molecule has 1 aliphatic carbocycles. The highest BCUT2D eigenvalue weighted by Gasteiger charge is 2.56. The first-order valence-corrected chi connectivity index (χ1v) is 7.73. The number of rotatable bonds is 7. The third-order valence-corrected chi connectivity index (χ3v) is 3.94. The van der Waals surface area contributed by atoms with Gasteiger partial charge >= 0.3 is 0 Å². The Kier molecular flexibility index (Phi) is 5.13. The van der Waals surface area contributed by atoms with Crippen molar-refractivity contribution in [1.29, 1.82) is 0 Å². The van der Waals surface area contributed by atoms with E-state index in [0.717, 1.165) is 5.56 Å². The van der Waals surface area contributed by atoms with Crippen LogP contribution in [0.3, 0.4) is 0 Å². The van der Waals surface area contributed by atoms with Crippen LogP contribution in [-0.4, -0.2) is 32.1 Å². The second kappa shape index (κ2) is 6.89. The van der Waals surface area contributed by atoms with Crippen LogP contribution in [0, 0.1) is 5.41 Å². The molecule has 1 aliphatic rings. The monoisotopic (exact) mass is 320 g/mol. The average molecular weight is 320 g/mol. The van der Waals surface area contributed by atoms with Crippen molar-refractivity contribution in [1.82, 2.24) is 10.6 Å². The lowest BCUT2D eigenvalue weighted by molar-refractivity contribution is -0.137. The summed E-state index contributed by atoms with van der Waals surface area (Å²) in [5, 5.41) is 5.67. The fourth-order valence-corrected chi connectivity index (χ4v) is 2.42. The highest BCUT2D eigenvalue weighted by atomic mass is 16.5. The third-order valence-electron chi connectivity index (χ3n) is 3.94. The van der Waals surface area contributed by atoms with Gasteiger partial charge in [-0.25, -0.2) is 0 Å². The molecule has 6 heteroatoms. The van der Waals surface area contributed by atoms with Crippen LogP contribution < -0.4 is 20.1 Å². The van der Waals surface area contributed by atoms with Crippen molar-refractivity contribution in [2.75, 3.05) is 14.2 Å². The highest BCUT2D eigenvalue weighted by Crippen LogP contribution is 2.46. The fraction of sp³-hybridized carbons (Fsp3) is 0.529. The van der Waals surface area contributed by atoms with Gasteiger partial charge in [-0.1, -0.05) is 6.07 Å². The van der Waals surface area contributed by atoms with E-state index in [0.29, 0.717) is 30.9 Å². The van der Waals surface area contributed by atoms with E-state index in [2.05, 4.69) is 10.6 Å². The molecule has 2 rings (SSSR count). The Morgan fingerprint density at radius 2 is 1.78 bits per heavy atom. The first kappa shape index (κ1) is 17.1. The molecule has 0 heterocycles. The number of hydrogen-bond acceptors (Lipinski definition) is 4. The second-order valence-electron chi connectivity index (χ2n) is 6.08. The Labute approximate surface area is 136 Å². The predicted molar refractivity (Wildman–Crippen MR) is 86.3 cm³/mol. The molecule has 1 aromatic carbocycles. The summed E-state index contributed by atoms with van der Waals surface area (Å²) in [6.45, 7) is 4.11. The molecular formula is C17H24N2O4. The van der Waals surface area contributed by atoms with Gasteiger partial charge in [0.25, 0.3) is 0 Å². The first-order valence-electron chi connectivity index (χ1n) is 7.73. The number of methoxy groups -OCH3 is 2. The highest BCUT2D eigenvalue weighted by molar-refractivity contribution is 6.07. The molecule has 1 saturated carbocycles. The second-order valence-corrected chi connectivity index (χ2v) is 6.08. The van der Waals surface area contributed by atoms with Crippen molar-refractivity contribution in [3.8, 4) is 11.5 Å². The number of hydrogen-bond donors (Lipinski definition) is 2.